The molecule has 1 aliphatic rings. The van der Waals surface area contributed by atoms with Crippen LogP contribution in [0.25, 0.3) is 10.9 Å². The Morgan fingerprint density at radius 1 is 0.667 bits per heavy atom. The van der Waals surface area contributed by atoms with Crippen LogP contribution >= 0.6 is 0 Å². The van der Waals surface area contributed by atoms with E-state index in [0.29, 0.717) is 12.5 Å². The molecule has 0 bridgehead atoms. The number of aromatic nitrogens is 1. The van der Waals surface area contributed by atoms with E-state index < -0.39 is 0 Å². The lowest BCUT2D eigenvalue weighted by Crippen LogP contribution is -2.02. The van der Waals surface area contributed by atoms with E-state index in [1.807, 2.05) is 12.1 Å². The van der Waals surface area contributed by atoms with Crippen molar-refractivity contribution in [2.45, 2.75) is 83.2 Å². The highest BCUT2D eigenvalue weighted by Gasteiger charge is 2.12. The lowest BCUT2D eigenvalue weighted by atomic mass is 9.87. The second-order valence-electron chi connectivity index (χ2n) is 8.81. The fraction of sp³-hybridized carbons (Fsp3) is 0.464. The van der Waals surface area contributed by atoms with Crippen LogP contribution in [0.15, 0.2) is 60.7 Å². The Morgan fingerprint density at radius 2 is 1.30 bits per heavy atom. The Hall–Kier alpha value is -2.35. The van der Waals surface area contributed by atoms with Crippen molar-refractivity contribution in [1.82, 2.24) is 4.98 Å². The molecule has 4 rings (SSSR count). The van der Waals surface area contributed by atoms with Gasteiger partial charge in [-0.05, 0) is 48.6 Å². The van der Waals surface area contributed by atoms with Crippen LogP contribution in [-0.4, -0.2) is 4.98 Å². The first-order valence-corrected chi connectivity index (χ1v) is 12.0. The summed E-state index contributed by atoms with van der Waals surface area (Å²) in [4.78, 5) is 4.71. The molecule has 2 heteroatoms. The minimum absolute atomic E-state index is 0.508. The second-order valence-corrected chi connectivity index (χ2v) is 8.81. The standard InChI is InChI=1S/C28H35NO/c1-2-4-6-8-12-23(13-9-7-5-3-1)24-17-20-27(21-18-24)30-22-26-19-16-25-14-10-11-15-28(25)29-26/h10-11,14-21,23H,1-9,12-13,22H2. The molecule has 0 aliphatic heterocycles. The Labute approximate surface area is 181 Å². The smallest absolute Gasteiger partial charge is 0.130 e. The lowest BCUT2D eigenvalue weighted by Gasteiger charge is -2.19. The average molecular weight is 402 g/mol. The van der Waals surface area contributed by atoms with Gasteiger partial charge < -0.3 is 4.74 Å². The summed E-state index contributed by atoms with van der Waals surface area (Å²) in [5.41, 5.74) is 3.48. The quantitative estimate of drug-likeness (QED) is 0.439. The van der Waals surface area contributed by atoms with Gasteiger partial charge in [0.25, 0.3) is 0 Å². The van der Waals surface area contributed by atoms with E-state index in [9.17, 15) is 0 Å². The highest BCUT2D eigenvalue weighted by molar-refractivity contribution is 5.78. The molecule has 2 nitrogen and oxygen atoms in total. The molecule has 0 saturated heterocycles. The molecule has 30 heavy (non-hydrogen) atoms. The van der Waals surface area contributed by atoms with Gasteiger partial charge in [0, 0.05) is 5.39 Å². The van der Waals surface area contributed by atoms with Crippen molar-refractivity contribution < 1.29 is 4.74 Å². The number of nitrogens with zero attached hydrogens (tertiary/aromatic N) is 1. The number of para-hydroxylation sites is 1. The summed E-state index contributed by atoms with van der Waals surface area (Å²) in [5.74, 6) is 1.64. The Morgan fingerprint density at radius 3 is 2.00 bits per heavy atom. The summed E-state index contributed by atoms with van der Waals surface area (Å²) in [7, 11) is 0. The van der Waals surface area contributed by atoms with Gasteiger partial charge in [-0.2, -0.15) is 0 Å². The normalized spacial score (nSPS) is 17.2. The van der Waals surface area contributed by atoms with Crippen molar-refractivity contribution in [3.05, 3.63) is 71.9 Å². The first kappa shape index (κ1) is 20.9. The summed E-state index contributed by atoms with van der Waals surface area (Å²) < 4.78 is 6.03. The van der Waals surface area contributed by atoms with Crippen LogP contribution in [0.3, 0.4) is 0 Å². The Bertz CT molecular complexity index is 890. The molecule has 1 aromatic heterocycles. The molecule has 1 fully saturated rings. The highest BCUT2D eigenvalue weighted by atomic mass is 16.5. The van der Waals surface area contributed by atoms with Crippen LogP contribution in [0.4, 0.5) is 0 Å². The third-order valence-electron chi connectivity index (χ3n) is 6.50. The zero-order valence-corrected chi connectivity index (χ0v) is 18.2. The number of benzene rings is 2. The first-order chi connectivity index (χ1) is 14.9. The third-order valence-corrected chi connectivity index (χ3v) is 6.50. The van der Waals surface area contributed by atoms with Crippen molar-refractivity contribution >= 4 is 10.9 Å². The maximum Gasteiger partial charge on any atom is 0.130 e. The maximum atomic E-state index is 6.03. The number of pyridine rings is 1. The van der Waals surface area contributed by atoms with E-state index in [2.05, 4.69) is 48.5 Å². The minimum atomic E-state index is 0.508. The van der Waals surface area contributed by atoms with Crippen molar-refractivity contribution in [3.8, 4) is 5.75 Å². The SMILES string of the molecule is c1ccc2nc(COc3ccc(C4CCCCCCCCCCC4)cc3)ccc2c1. The van der Waals surface area contributed by atoms with Crippen molar-refractivity contribution in [1.29, 1.82) is 0 Å². The molecular formula is C28H35NO. The van der Waals surface area contributed by atoms with Crippen molar-refractivity contribution in [2.24, 2.45) is 0 Å². The number of ether oxygens (including phenoxy) is 1. The van der Waals surface area contributed by atoms with Gasteiger partial charge in [-0.15, -0.1) is 0 Å². The van der Waals surface area contributed by atoms with Crippen molar-refractivity contribution in [2.75, 3.05) is 0 Å². The minimum Gasteiger partial charge on any atom is -0.487 e. The van der Waals surface area contributed by atoms with E-state index in [0.717, 1.165) is 17.0 Å². The summed E-state index contributed by atoms with van der Waals surface area (Å²) in [5, 5.41) is 1.17. The van der Waals surface area contributed by atoms with E-state index in [4.69, 9.17) is 9.72 Å². The van der Waals surface area contributed by atoms with Crippen LogP contribution in [0.1, 0.15) is 87.8 Å². The van der Waals surface area contributed by atoms with Crippen LogP contribution in [0.2, 0.25) is 0 Å². The van der Waals surface area contributed by atoms with Crippen molar-refractivity contribution in [3.63, 3.8) is 0 Å². The molecule has 0 spiro atoms. The predicted molar refractivity (Wildman–Crippen MR) is 126 cm³/mol. The molecule has 0 unspecified atom stereocenters. The summed E-state index contributed by atoms with van der Waals surface area (Å²) in [6.07, 6.45) is 15.4. The first-order valence-electron chi connectivity index (χ1n) is 12.0. The van der Waals surface area contributed by atoms with Crippen LogP contribution in [0.5, 0.6) is 5.75 Å². The van der Waals surface area contributed by atoms with E-state index in [-0.39, 0.29) is 0 Å². The topological polar surface area (TPSA) is 22.1 Å². The molecule has 158 valence electrons. The molecule has 0 amide bonds. The molecule has 3 aromatic rings. The van der Waals surface area contributed by atoms with Gasteiger partial charge in [0.15, 0.2) is 0 Å². The lowest BCUT2D eigenvalue weighted by molar-refractivity contribution is 0.301. The molecule has 1 aliphatic carbocycles. The van der Waals surface area contributed by atoms with Gasteiger partial charge in [-0.1, -0.05) is 94.2 Å². The molecule has 1 heterocycles. The average Bonchev–Trinajstić information content (AvgIpc) is 2.78. The van der Waals surface area contributed by atoms with Gasteiger partial charge in [-0.25, -0.2) is 4.98 Å². The van der Waals surface area contributed by atoms with Gasteiger partial charge in [0.2, 0.25) is 0 Å². The Kier molecular flexibility index (Phi) is 7.77. The summed E-state index contributed by atoms with van der Waals surface area (Å²) in [6, 6.07) is 21.3. The van der Waals surface area contributed by atoms with Gasteiger partial charge in [-0.3, -0.25) is 0 Å². The fourth-order valence-electron chi connectivity index (χ4n) is 4.68. The molecule has 1 saturated carbocycles. The fourth-order valence-corrected chi connectivity index (χ4v) is 4.68. The summed E-state index contributed by atoms with van der Waals surface area (Å²) >= 11 is 0. The van der Waals surface area contributed by atoms with Gasteiger partial charge >= 0.3 is 0 Å². The Balaban J connectivity index is 1.34. The molecule has 2 aromatic carbocycles. The molecular weight excluding hydrogens is 366 g/mol. The van der Waals surface area contributed by atoms with Crippen LogP contribution in [-0.2, 0) is 6.61 Å². The monoisotopic (exact) mass is 401 g/mol. The number of hydrogen-bond acceptors (Lipinski definition) is 2. The largest absolute Gasteiger partial charge is 0.487 e. The zero-order chi connectivity index (χ0) is 20.4. The van der Waals surface area contributed by atoms with Gasteiger partial charge in [0.1, 0.15) is 12.4 Å². The van der Waals surface area contributed by atoms with Crippen LogP contribution in [0, 0.1) is 0 Å². The maximum absolute atomic E-state index is 6.03. The van der Waals surface area contributed by atoms with Gasteiger partial charge in [0.05, 0.1) is 11.2 Å². The van der Waals surface area contributed by atoms with E-state index in [1.165, 1.54) is 81.6 Å². The van der Waals surface area contributed by atoms with E-state index in [1.54, 1.807) is 0 Å². The number of fused-ring (bicyclic) bond motifs is 1. The number of rotatable bonds is 4. The highest BCUT2D eigenvalue weighted by Crippen LogP contribution is 2.30. The zero-order valence-electron chi connectivity index (χ0n) is 18.2. The molecule has 0 N–H and O–H groups in total. The summed E-state index contributed by atoms with van der Waals surface area (Å²) in [6.45, 7) is 0.508. The second kappa shape index (κ2) is 11.2. The third kappa shape index (κ3) is 6.08. The molecule has 0 radical (unpaired) electrons. The van der Waals surface area contributed by atoms with E-state index >= 15 is 0 Å². The predicted octanol–water partition coefficient (Wildman–Crippen LogP) is 8.20. The number of hydrogen-bond donors (Lipinski definition) is 0. The molecule has 0 atom stereocenters. The van der Waals surface area contributed by atoms with Crippen LogP contribution < -0.4 is 4.74 Å².